The number of hydrogen-bond donors (Lipinski definition) is 1. The molecule has 2 aliphatic rings. The second kappa shape index (κ2) is 6.84. The van der Waals surface area contributed by atoms with Gasteiger partial charge in [0.25, 0.3) is 0 Å². The molecule has 1 saturated carbocycles. The summed E-state index contributed by atoms with van der Waals surface area (Å²) in [6.45, 7) is 1.18. The van der Waals surface area contributed by atoms with Crippen LogP contribution in [-0.4, -0.2) is 39.5 Å². The summed E-state index contributed by atoms with van der Waals surface area (Å²) in [5, 5.41) is 7.28. The SMILES string of the molecule is O=C(Cn1nc(C2CC2)n(-c2ccccc2)c1=O)NC[C@H]1CCCO1. The molecule has 0 spiro atoms. The van der Waals surface area contributed by atoms with Crippen molar-refractivity contribution >= 4 is 5.91 Å². The fourth-order valence-corrected chi connectivity index (χ4v) is 3.18. The van der Waals surface area contributed by atoms with Crippen molar-refractivity contribution in [3.05, 3.63) is 46.6 Å². The highest BCUT2D eigenvalue weighted by atomic mass is 16.5. The highest BCUT2D eigenvalue weighted by Crippen LogP contribution is 2.39. The van der Waals surface area contributed by atoms with Crippen molar-refractivity contribution in [2.24, 2.45) is 0 Å². The van der Waals surface area contributed by atoms with E-state index in [1.807, 2.05) is 30.3 Å². The molecule has 0 bridgehead atoms. The topological polar surface area (TPSA) is 78.2 Å². The second-order valence-corrected chi connectivity index (χ2v) is 6.68. The predicted octanol–water partition coefficient (Wildman–Crippen LogP) is 1.21. The van der Waals surface area contributed by atoms with Gasteiger partial charge in [-0.2, -0.15) is 5.10 Å². The molecular formula is C18H22N4O3. The molecule has 0 unspecified atom stereocenters. The molecule has 1 aliphatic heterocycles. The summed E-state index contributed by atoms with van der Waals surface area (Å²) in [4.78, 5) is 25.0. The standard InChI is InChI=1S/C18H22N4O3/c23-16(19-11-15-7-4-10-25-15)12-21-18(24)22(14-5-2-1-3-6-14)17(20-21)13-8-9-13/h1-3,5-6,13,15H,4,7-12H2,(H,19,23)/t15-/m1/s1. The minimum Gasteiger partial charge on any atom is -0.376 e. The van der Waals surface area contributed by atoms with Crippen molar-refractivity contribution in [3.63, 3.8) is 0 Å². The molecule has 1 aliphatic carbocycles. The number of carbonyl (C=O) groups excluding carboxylic acids is 1. The lowest BCUT2D eigenvalue weighted by Gasteiger charge is -2.10. The molecule has 1 aromatic heterocycles. The second-order valence-electron chi connectivity index (χ2n) is 6.68. The number of amides is 1. The van der Waals surface area contributed by atoms with Crippen LogP contribution in [0.3, 0.4) is 0 Å². The van der Waals surface area contributed by atoms with Crippen LogP contribution < -0.4 is 11.0 Å². The molecule has 0 radical (unpaired) electrons. The third-order valence-electron chi connectivity index (χ3n) is 4.67. The predicted molar refractivity (Wildman–Crippen MR) is 91.8 cm³/mol. The molecule has 1 saturated heterocycles. The molecule has 4 rings (SSSR count). The maximum Gasteiger partial charge on any atom is 0.351 e. The van der Waals surface area contributed by atoms with Gasteiger partial charge in [-0.15, -0.1) is 0 Å². The van der Waals surface area contributed by atoms with E-state index in [9.17, 15) is 9.59 Å². The van der Waals surface area contributed by atoms with E-state index in [4.69, 9.17) is 4.74 Å². The molecule has 1 N–H and O–H groups in total. The van der Waals surface area contributed by atoms with E-state index in [-0.39, 0.29) is 24.2 Å². The van der Waals surface area contributed by atoms with Crippen molar-refractivity contribution in [2.45, 2.75) is 44.2 Å². The van der Waals surface area contributed by atoms with Gasteiger partial charge in [-0.25, -0.2) is 14.0 Å². The number of hydrogen-bond acceptors (Lipinski definition) is 4. The summed E-state index contributed by atoms with van der Waals surface area (Å²) < 4.78 is 8.39. The van der Waals surface area contributed by atoms with Crippen molar-refractivity contribution < 1.29 is 9.53 Å². The van der Waals surface area contributed by atoms with Crippen LogP contribution in [0.1, 0.15) is 37.4 Å². The lowest BCUT2D eigenvalue weighted by Crippen LogP contribution is -2.37. The minimum absolute atomic E-state index is 0.0644. The van der Waals surface area contributed by atoms with Gasteiger partial charge < -0.3 is 10.1 Å². The summed E-state index contributed by atoms with van der Waals surface area (Å²) in [7, 11) is 0. The summed E-state index contributed by atoms with van der Waals surface area (Å²) in [6.07, 6.45) is 4.16. The van der Waals surface area contributed by atoms with Crippen molar-refractivity contribution in [3.8, 4) is 5.69 Å². The number of benzene rings is 1. The number of carbonyl (C=O) groups is 1. The zero-order valence-corrected chi connectivity index (χ0v) is 14.1. The number of aromatic nitrogens is 3. The zero-order valence-electron chi connectivity index (χ0n) is 14.1. The van der Waals surface area contributed by atoms with Gasteiger partial charge in [0.15, 0.2) is 0 Å². The number of nitrogens with zero attached hydrogens (tertiary/aromatic N) is 3. The van der Waals surface area contributed by atoms with Crippen LogP contribution in [0.25, 0.3) is 5.69 Å². The van der Waals surface area contributed by atoms with E-state index in [0.717, 1.165) is 43.8 Å². The van der Waals surface area contributed by atoms with Gasteiger partial charge in [-0.3, -0.25) is 4.79 Å². The molecule has 132 valence electrons. The molecule has 2 fully saturated rings. The van der Waals surface area contributed by atoms with Crippen LogP contribution in [0.4, 0.5) is 0 Å². The molecule has 1 amide bonds. The molecule has 25 heavy (non-hydrogen) atoms. The van der Waals surface area contributed by atoms with E-state index >= 15 is 0 Å². The Morgan fingerprint density at radius 2 is 2.04 bits per heavy atom. The molecule has 2 heterocycles. The van der Waals surface area contributed by atoms with Gasteiger partial charge in [0, 0.05) is 19.1 Å². The first-order valence-corrected chi connectivity index (χ1v) is 8.86. The number of para-hydroxylation sites is 1. The highest BCUT2D eigenvalue weighted by molar-refractivity contribution is 5.75. The van der Waals surface area contributed by atoms with Gasteiger partial charge in [0.2, 0.25) is 5.91 Å². The first kappa shape index (κ1) is 16.1. The van der Waals surface area contributed by atoms with E-state index in [0.29, 0.717) is 12.5 Å². The summed E-state index contributed by atoms with van der Waals surface area (Å²) in [5.41, 5.74) is 0.529. The van der Waals surface area contributed by atoms with Crippen LogP contribution >= 0.6 is 0 Å². The first-order valence-electron chi connectivity index (χ1n) is 8.86. The monoisotopic (exact) mass is 342 g/mol. The van der Waals surface area contributed by atoms with E-state index in [1.165, 1.54) is 4.68 Å². The van der Waals surface area contributed by atoms with Gasteiger partial charge >= 0.3 is 5.69 Å². The van der Waals surface area contributed by atoms with Crippen molar-refractivity contribution in [1.29, 1.82) is 0 Å². The summed E-state index contributed by atoms with van der Waals surface area (Å²) >= 11 is 0. The number of rotatable bonds is 6. The maximum atomic E-state index is 12.8. The lowest BCUT2D eigenvalue weighted by molar-refractivity contribution is -0.122. The van der Waals surface area contributed by atoms with Crippen molar-refractivity contribution in [2.75, 3.05) is 13.2 Å². The number of ether oxygens (including phenoxy) is 1. The largest absolute Gasteiger partial charge is 0.376 e. The third-order valence-corrected chi connectivity index (χ3v) is 4.67. The Morgan fingerprint density at radius 3 is 2.72 bits per heavy atom. The Bertz CT molecular complexity index is 801. The normalized spacial score (nSPS) is 19.9. The van der Waals surface area contributed by atoms with Gasteiger partial charge in [0.05, 0.1) is 11.8 Å². The van der Waals surface area contributed by atoms with E-state index in [2.05, 4.69) is 10.4 Å². The van der Waals surface area contributed by atoms with Crippen LogP contribution in [-0.2, 0) is 16.1 Å². The molecule has 7 heteroatoms. The van der Waals surface area contributed by atoms with Crippen LogP contribution in [0.2, 0.25) is 0 Å². The smallest absolute Gasteiger partial charge is 0.351 e. The van der Waals surface area contributed by atoms with Gasteiger partial charge in [-0.05, 0) is 37.8 Å². The summed E-state index contributed by atoms with van der Waals surface area (Å²) in [6, 6.07) is 9.47. The van der Waals surface area contributed by atoms with Crippen LogP contribution in [0, 0.1) is 0 Å². The molecule has 7 nitrogen and oxygen atoms in total. The first-order chi connectivity index (χ1) is 12.2. The average molecular weight is 342 g/mol. The molecule has 1 atom stereocenters. The Morgan fingerprint density at radius 1 is 1.24 bits per heavy atom. The zero-order chi connectivity index (χ0) is 17.2. The van der Waals surface area contributed by atoms with E-state index < -0.39 is 0 Å². The number of nitrogens with one attached hydrogen (secondary N) is 1. The van der Waals surface area contributed by atoms with E-state index in [1.54, 1.807) is 4.57 Å². The highest BCUT2D eigenvalue weighted by Gasteiger charge is 2.31. The summed E-state index contributed by atoms with van der Waals surface area (Å²) in [5.74, 6) is 0.852. The molecule has 2 aromatic rings. The van der Waals surface area contributed by atoms with Gasteiger partial charge in [-0.1, -0.05) is 18.2 Å². The van der Waals surface area contributed by atoms with Crippen LogP contribution in [0.15, 0.2) is 35.1 Å². The quantitative estimate of drug-likeness (QED) is 0.856. The Balaban J connectivity index is 1.52. The third kappa shape index (κ3) is 3.51. The van der Waals surface area contributed by atoms with Gasteiger partial charge in [0.1, 0.15) is 12.4 Å². The fraction of sp³-hybridized carbons (Fsp3) is 0.500. The minimum atomic E-state index is -0.264. The lowest BCUT2D eigenvalue weighted by atomic mass is 10.2. The fourth-order valence-electron chi connectivity index (χ4n) is 3.18. The molecular weight excluding hydrogens is 320 g/mol. The van der Waals surface area contributed by atoms with Crippen LogP contribution in [0.5, 0.6) is 0 Å². The average Bonchev–Trinajstić information content (AvgIpc) is 3.24. The van der Waals surface area contributed by atoms with Crippen molar-refractivity contribution in [1.82, 2.24) is 19.7 Å². The maximum absolute atomic E-state index is 12.8. The Hall–Kier alpha value is -2.41. The Labute approximate surface area is 145 Å². The molecule has 1 aromatic carbocycles. The Kier molecular flexibility index (Phi) is 4.40.